The zero-order valence-electron chi connectivity index (χ0n) is 7.44. The van der Waals surface area contributed by atoms with E-state index in [0.29, 0.717) is 6.42 Å². The van der Waals surface area contributed by atoms with E-state index in [1.54, 1.807) is 0 Å². The molecule has 0 rings (SSSR count). The van der Waals surface area contributed by atoms with Gasteiger partial charge in [0.05, 0.1) is 0 Å². The molecule has 0 fully saturated rings. The van der Waals surface area contributed by atoms with Gasteiger partial charge in [-0.15, -0.1) is 0 Å². The summed E-state index contributed by atoms with van der Waals surface area (Å²) in [7, 11) is -4.03. The Bertz CT molecular complexity index is 157. The first-order valence-electron chi connectivity index (χ1n) is 4.29. The number of hydrogen-bond donors (Lipinski definition) is 3. The van der Waals surface area contributed by atoms with E-state index in [1.807, 2.05) is 0 Å². The summed E-state index contributed by atoms with van der Waals surface area (Å²) in [4.78, 5) is 17.3. The van der Waals surface area contributed by atoms with Crippen LogP contribution in [0, 0.1) is 0 Å². The van der Waals surface area contributed by atoms with Gasteiger partial charge in [0.25, 0.3) is 0 Å². The molecule has 12 heavy (non-hydrogen) atoms. The molecule has 0 saturated heterocycles. The fourth-order valence-electron chi connectivity index (χ4n) is 0.948. The van der Waals surface area contributed by atoms with E-state index >= 15 is 0 Å². The molecule has 0 saturated carbocycles. The van der Waals surface area contributed by atoms with Gasteiger partial charge in [-0.2, -0.15) is 0 Å². The Kier molecular flexibility index (Phi) is 5.76. The van der Waals surface area contributed by atoms with Gasteiger partial charge in [0.15, 0.2) is 0 Å². The van der Waals surface area contributed by atoms with E-state index in [1.165, 1.54) is 0 Å². The van der Waals surface area contributed by atoms with Gasteiger partial charge in [0, 0.05) is 0 Å². The van der Waals surface area contributed by atoms with Gasteiger partial charge < -0.3 is 15.5 Å². The largest absolute Gasteiger partial charge is 0.342 e. The Morgan fingerprint density at radius 2 is 1.92 bits per heavy atom. The molecule has 0 radical (unpaired) electrons. The fraction of sp³-hybridized carbons (Fsp3) is 1.00. The SMILES string of the molecule is CCCCCCC(N)P(=O)(O)O. The van der Waals surface area contributed by atoms with Crippen LogP contribution in [0.2, 0.25) is 0 Å². The van der Waals surface area contributed by atoms with Crippen LogP contribution in [-0.2, 0) is 4.57 Å². The normalized spacial score (nSPS) is 14.7. The number of rotatable bonds is 6. The van der Waals surface area contributed by atoms with Crippen LogP contribution in [0.5, 0.6) is 0 Å². The smallest absolute Gasteiger partial charge is 0.323 e. The summed E-state index contributed by atoms with van der Waals surface area (Å²) in [6.07, 6.45) is 4.45. The zero-order chi connectivity index (χ0) is 9.61. The third-order valence-corrected chi connectivity index (χ3v) is 2.91. The molecule has 0 aromatic rings. The maximum Gasteiger partial charge on any atom is 0.342 e. The van der Waals surface area contributed by atoms with Crippen molar-refractivity contribution in [2.45, 2.75) is 44.8 Å². The number of nitrogens with two attached hydrogens (primary N) is 1. The maximum atomic E-state index is 10.6. The summed E-state index contributed by atoms with van der Waals surface area (Å²) in [5.41, 5.74) is 5.27. The number of unbranched alkanes of at least 4 members (excludes halogenated alkanes) is 3. The molecular weight excluding hydrogens is 177 g/mol. The van der Waals surface area contributed by atoms with Crippen molar-refractivity contribution in [2.24, 2.45) is 5.73 Å². The monoisotopic (exact) mass is 195 g/mol. The summed E-state index contributed by atoms with van der Waals surface area (Å²) in [5.74, 6) is -0.964. The Hall–Kier alpha value is 0.110. The molecule has 0 bridgehead atoms. The standard InChI is InChI=1S/C7H18NO3P/c1-2-3-4-5-6-7(8)12(9,10)11/h7H,2-6,8H2,1H3,(H2,9,10,11). The minimum atomic E-state index is -4.03. The Morgan fingerprint density at radius 3 is 2.33 bits per heavy atom. The quantitative estimate of drug-likeness (QED) is 0.442. The lowest BCUT2D eigenvalue weighted by Crippen LogP contribution is -2.19. The van der Waals surface area contributed by atoms with Crippen molar-refractivity contribution in [3.05, 3.63) is 0 Å². The van der Waals surface area contributed by atoms with Crippen LogP contribution >= 0.6 is 7.60 Å². The molecule has 0 amide bonds. The Morgan fingerprint density at radius 1 is 1.33 bits per heavy atom. The van der Waals surface area contributed by atoms with Crippen LogP contribution in [0.1, 0.15) is 39.0 Å². The Balaban J connectivity index is 3.45. The van der Waals surface area contributed by atoms with E-state index in [4.69, 9.17) is 15.5 Å². The van der Waals surface area contributed by atoms with Crippen LogP contribution < -0.4 is 5.73 Å². The van der Waals surface area contributed by atoms with Gasteiger partial charge in [0.1, 0.15) is 5.78 Å². The third kappa shape index (κ3) is 5.72. The lowest BCUT2D eigenvalue weighted by Gasteiger charge is -2.12. The summed E-state index contributed by atoms with van der Waals surface area (Å²) >= 11 is 0. The molecule has 0 aromatic carbocycles. The van der Waals surface area contributed by atoms with Gasteiger partial charge in [-0.3, -0.25) is 4.57 Å². The van der Waals surface area contributed by atoms with Gasteiger partial charge in [-0.05, 0) is 6.42 Å². The first kappa shape index (κ1) is 12.1. The predicted octanol–water partition coefficient (Wildman–Crippen LogP) is 1.42. The predicted molar refractivity (Wildman–Crippen MR) is 48.8 cm³/mol. The Labute approximate surface area is 73.3 Å². The minimum absolute atomic E-state index is 0.421. The van der Waals surface area contributed by atoms with Crippen molar-refractivity contribution in [1.82, 2.24) is 0 Å². The van der Waals surface area contributed by atoms with E-state index in [2.05, 4.69) is 6.92 Å². The van der Waals surface area contributed by atoms with Gasteiger partial charge in [-0.1, -0.05) is 32.6 Å². The molecule has 1 atom stereocenters. The van der Waals surface area contributed by atoms with Crippen LogP contribution in [0.4, 0.5) is 0 Å². The second kappa shape index (κ2) is 5.70. The van der Waals surface area contributed by atoms with E-state index in [0.717, 1.165) is 25.7 Å². The number of hydrogen-bond acceptors (Lipinski definition) is 2. The average molecular weight is 195 g/mol. The van der Waals surface area contributed by atoms with E-state index in [-0.39, 0.29) is 0 Å². The lowest BCUT2D eigenvalue weighted by atomic mass is 10.1. The molecule has 0 aromatic heterocycles. The van der Waals surface area contributed by atoms with Crippen molar-refractivity contribution in [3.63, 3.8) is 0 Å². The first-order valence-corrected chi connectivity index (χ1v) is 5.97. The molecular formula is C7H18NO3P. The summed E-state index contributed by atoms with van der Waals surface area (Å²) in [6.45, 7) is 2.09. The molecule has 0 aliphatic rings. The van der Waals surface area contributed by atoms with Gasteiger partial charge in [-0.25, -0.2) is 0 Å². The van der Waals surface area contributed by atoms with Crippen molar-refractivity contribution in [1.29, 1.82) is 0 Å². The van der Waals surface area contributed by atoms with Crippen molar-refractivity contribution in [2.75, 3.05) is 0 Å². The van der Waals surface area contributed by atoms with E-state index < -0.39 is 13.4 Å². The molecule has 0 aliphatic carbocycles. The second-order valence-corrected chi connectivity index (χ2v) is 4.85. The highest BCUT2D eigenvalue weighted by Gasteiger charge is 2.23. The van der Waals surface area contributed by atoms with Crippen molar-refractivity contribution >= 4 is 7.60 Å². The molecule has 0 aliphatic heterocycles. The van der Waals surface area contributed by atoms with Crippen molar-refractivity contribution in [3.8, 4) is 0 Å². The van der Waals surface area contributed by atoms with Crippen LogP contribution in [0.3, 0.4) is 0 Å². The summed E-state index contributed by atoms with van der Waals surface area (Å²) in [6, 6.07) is 0. The topological polar surface area (TPSA) is 83.6 Å². The summed E-state index contributed by atoms with van der Waals surface area (Å²) < 4.78 is 10.6. The van der Waals surface area contributed by atoms with E-state index in [9.17, 15) is 4.57 Å². The fourth-order valence-corrected chi connectivity index (χ4v) is 1.47. The highest BCUT2D eigenvalue weighted by atomic mass is 31.2. The second-order valence-electron chi connectivity index (χ2n) is 3.01. The highest BCUT2D eigenvalue weighted by molar-refractivity contribution is 7.52. The minimum Gasteiger partial charge on any atom is -0.323 e. The van der Waals surface area contributed by atoms with Crippen LogP contribution in [-0.4, -0.2) is 15.6 Å². The molecule has 74 valence electrons. The summed E-state index contributed by atoms with van der Waals surface area (Å²) in [5, 5.41) is 0. The first-order chi connectivity index (χ1) is 5.48. The highest BCUT2D eigenvalue weighted by Crippen LogP contribution is 2.40. The molecule has 0 spiro atoms. The average Bonchev–Trinajstić information content (AvgIpc) is 1.96. The lowest BCUT2D eigenvalue weighted by molar-refractivity contribution is 0.353. The molecule has 4 N–H and O–H groups in total. The molecule has 5 heteroatoms. The zero-order valence-corrected chi connectivity index (χ0v) is 8.33. The van der Waals surface area contributed by atoms with Crippen LogP contribution in [0.25, 0.3) is 0 Å². The molecule has 4 nitrogen and oxygen atoms in total. The van der Waals surface area contributed by atoms with Gasteiger partial charge >= 0.3 is 7.60 Å². The van der Waals surface area contributed by atoms with Gasteiger partial charge in [0.2, 0.25) is 0 Å². The van der Waals surface area contributed by atoms with Crippen LogP contribution in [0.15, 0.2) is 0 Å². The maximum absolute atomic E-state index is 10.6. The van der Waals surface area contributed by atoms with Crippen molar-refractivity contribution < 1.29 is 14.4 Å². The molecule has 1 unspecified atom stereocenters. The molecule has 0 heterocycles. The third-order valence-electron chi connectivity index (χ3n) is 1.79.